The minimum Gasteiger partial charge on any atom is -0.495 e. The normalized spacial score (nSPS) is 10.2. The highest BCUT2D eigenvalue weighted by atomic mass is 79.9. The van der Waals surface area contributed by atoms with E-state index in [9.17, 15) is 0 Å². The van der Waals surface area contributed by atoms with E-state index < -0.39 is 0 Å². The minimum absolute atomic E-state index is 0.756. The molecule has 1 N–H and O–H groups in total. The van der Waals surface area contributed by atoms with Crippen molar-refractivity contribution in [1.29, 1.82) is 0 Å². The van der Waals surface area contributed by atoms with Gasteiger partial charge in [0.2, 0.25) is 0 Å². The van der Waals surface area contributed by atoms with E-state index in [1.165, 1.54) is 5.56 Å². The lowest BCUT2D eigenvalue weighted by Gasteiger charge is -2.11. The largest absolute Gasteiger partial charge is 0.495 e. The van der Waals surface area contributed by atoms with Crippen molar-refractivity contribution < 1.29 is 4.74 Å². The van der Waals surface area contributed by atoms with Crippen molar-refractivity contribution >= 4 is 37.5 Å². The zero-order chi connectivity index (χ0) is 13.0. The van der Waals surface area contributed by atoms with Crippen LogP contribution >= 0.6 is 31.9 Å². The molecule has 0 aliphatic rings. The SMILES string of the molecule is COc1ccc(Br)cc1NCc1cccc(Br)c1. The molecular formula is C14H13Br2NO. The van der Waals surface area contributed by atoms with Crippen molar-refractivity contribution in [3.05, 3.63) is 57.0 Å². The maximum atomic E-state index is 5.32. The summed E-state index contributed by atoms with van der Waals surface area (Å²) in [6.45, 7) is 0.756. The molecular weight excluding hydrogens is 358 g/mol. The molecule has 0 saturated carbocycles. The van der Waals surface area contributed by atoms with Crippen molar-refractivity contribution in [1.82, 2.24) is 0 Å². The fourth-order valence-corrected chi connectivity index (χ4v) is 2.47. The third kappa shape index (κ3) is 3.50. The highest BCUT2D eigenvalue weighted by Crippen LogP contribution is 2.28. The fraction of sp³-hybridized carbons (Fsp3) is 0.143. The lowest BCUT2D eigenvalue weighted by atomic mass is 10.2. The zero-order valence-electron chi connectivity index (χ0n) is 9.91. The number of ether oxygens (including phenoxy) is 1. The van der Waals surface area contributed by atoms with Crippen LogP contribution in [0.15, 0.2) is 51.4 Å². The van der Waals surface area contributed by atoms with E-state index in [4.69, 9.17) is 4.74 Å². The molecule has 0 aromatic heterocycles. The second kappa shape index (κ2) is 6.25. The van der Waals surface area contributed by atoms with Gasteiger partial charge in [-0.2, -0.15) is 0 Å². The van der Waals surface area contributed by atoms with Crippen LogP contribution in [-0.2, 0) is 6.54 Å². The second-order valence-corrected chi connectivity index (χ2v) is 5.66. The number of hydrogen-bond donors (Lipinski definition) is 1. The first-order valence-corrected chi connectivity index (χ1v) is 7.09. The molecule has 0 atom stereocenters. The maximum Gasteiger partial charge on any atom is 0.142 e. The Morgan fingerprint density at radius 1 is 1.06 bits per heavy atom. The molecule has 0 bridgehead atoms. The van der Waals surface area contributed by atoms with Crippen LogP contribution in [0.3, 0.4) is 0 Å². The molecule has 18 heavy (non-hydrogen) atoms. The molecule has 2 aromatic rings. The van der Waals surface area contributed by atoms with Gasteiger partial charge in [0.05, 0.1) is 12.8 Å². The quantitative estimate of drug-likeness (QED) is 0.831. The summed E-state index contributed by atoms with van der Waals surface area (Å²) in [4.78, 5) is 0. The highest BCUT2D eigenvalue weighted by Gasteiger charge is 2.03. The summed E-state index contributed by atoms with van der Waals surface area (Å²) in [7, 11) is 1.67. The second-order valence-electron chi connectivity index (χ2n) is 3.83. The van der Waals surface area contributed by atoms with E-state index in [2.05, 4.69) is 49.3 Å². The van der Waals surface area contributed by atoms with Crippen LogP contribution in [0.25, 0.3) is 0 Å². The molecule has 0 fully saturated rings. The first-order valence-electron chi connectivity index (χ1n) is 5.51. The van der Waals surface area contributed by atoms with Gasteiger partial charge in [0.1, 0.15) is 5.75 Å². The molecule has 0 heterocycles. The topological polar surface area (TPSA) is 21.3 Å². The van der Waals surface area contributed by atoms with Gasteiger partial charge in [0.15, 0.2) is 0 Å². The molecule has 0 aliphatic heterocycles. The van der Waals surface area contributed by atoms with Crippen LogP contribution in [0, 0.1) is 0 Å². The summed E-state index contributed by atoms with van der Waals surface area (Å²) in [6.07, 6.45) is 0. The van der Waals surface area contributed by atoms with Crippen LogP contribution < -0.4 is 10.1 Å². The number of methoxy groups -OCH3 is 1. The van der Waals surface area contributed by atoms with Gasteiger partial charge in [-0.3, -0.25) is 0 Å². The zero-order valence-corrected chi connectivity index (χ0v) is 13.1. The molecule has 2 rings (SSSR count). The third-order valence-electron chi connectivity index (χ3n) is 2.53. The van der Waals surface area contributed by atoms with Gasteiger partial charge in [-0.1, -0.05) is 44.0 Å². The average Bonchev–Trinajstić information content (AvgIpc) is 2.37. The van der Waals surface area contributed by atoms with Crippen LogP contribution in [0.4, 0.5) is 5.69 Å². The summed E-state index contributed by atoms with van der Waals surface area (Å²) in [5, 5.41) is 3.37. The lowest BCUT2D eigenvalue weighted by molar-refractivity contribution is 0.416. The minimum atomic E-state index is 0.756. The smallest absolute Gasteiger partial charge is 0.142 e. The molecule has 0 aliphatic carbocycles. The van der Waals surface area contributed by atoms with Gasteiger partial charge < -0.3 is 10.1 Å². The molecule has 4 heteroatoms. The summed E-state index contributed by atoms with van der Waals surface area (Å²) >= 11 is 6.93. The number of benzene rings is 2. The van der Waals surface area contributed by atoms with Crippen LogP contribution in [0.1, 0.15) is 5.56 Å². The van der Waals surface area contributed by atoms with Crippen LogP contribution in [0.5, 0.6) is 5.75 Å². The Balaban J connectivity index is 2.12. The van der Waals surface area contributed by atoms with Crippen molar-refractivity contribution in [3.8, 4) is 5.75 Å². The van der Waals surface area contributed by atoms with Gasteiger partial charge in [-0.15, -0.1) is 0 Å². The van der Waals surface area contributed by atoms with E-state index >= 15 is 0 Å². The van der Waals surface area contributed by atoms with Crippen molar-refractivity contribution in [3.63, 3.8) is 0 Å². The van der Waals surface area contributed by atoms with Gasteiger partial charge in [-0.25, -0.2) is 0 Å². The Kier molecular flexibility index (Phi) is 4.66. The summed E-state index contributed by atoms with van der Waals surface area (Å²) in [5.41, 5.74) is 2.19. The Bertz CT molecular complexity index is 543. The third-order valence-corrected chi connectivity index (χ3v) is 3.52. The highest BCUT2D eigenvalue weighted by molar-refractivity contribution is 9.10. The molecule has 0 radical (unpaired) electrons. The molecule has 94 valence electrons. The summed E-state index contributed by atoms with van der Waals surface area (Å²) < 4.78 is 7.43. The van der Waals surface area contributed by atoms with E-state index in [-0.39, 0.29) is 0 Å². The van der Waals surface area contributed by atoms with E-state index in [0.717, 1.165) is 26.9 Å². The molecule has 0 saturated heterocycles. The monoisotopic (exact) mass is 369 g/mol. The number of rotatable bonds is 4. The Morgan fingerprint density at radius 2 is 1.83 bits per heavy atom. The van der Waals surface area contributed by atoms with E-state index in [0.29, 0.717) is 0 Å². The summed E-state index contributed by atoms with van der Waals surface area (Å²) in [6, 6.07) is 14.1. The lowest BCUT2D eigenvalue weighted by Crippen LogP contribution is -2.01. The number of halogens is 2. The van der Waals surface area contributed by atoms with Gasteiger partial charge >= 0.3 is 0 Å². The first-order chi connectivity index (χ1) is 8.69. The molecule has 2 aromatic carbocycles. The predicted molar refractivity (Wildman–Crippen MR) is 82.2 cm³/mol. The number of hydrogen-bond acceptors (Lipinski definition) is 2. The molecule has 0 unspecified atom stereocenters. The van der Waals surface area contributed by atoms with E-state index in [1.807, 2.05) is 30.3 Å². The van der Waals surface area contributed by atoms with Crippen molar-refractivity contribution in [2.24, 2.45) is 0 Å². The van der Waals surface area contributed by atoms with Gasteiger partial charge in [0, 0.05) is 15.5 Å². The standard InChI is InChI=1S/C14H13Br2NO/c1-18-14-6-5-12(16)8-13(14)17-9-10-3-2-4-11(15)7-10/h2-8,17H,9H2,1H3. The van der Waals surface area contributed by atoms with E-state index in [1.54, 1.807) is 7.11 Å². The van der Waals surface area contributed by atoms with Gasteiger partial charge in [-0.05, 0) is 35.9 Å². The Hall–Kier alpha value is -1.00. The molecule has 0 spiro atoms. The fourth-order valence-electron chi connectivity index (χ4n) is 1.66. The summed E-state index contributed by atoms with van der Waals surface area (Å²) in [5.74, 6) is 0.841. The Morgan fingerprint density at radius 3 is 2.56 bits per heavy atom. The maximum absolute atomic E-state index is 5.32. The Labute approximate surface area is 124 Å². The molecule has 0 amide bonds. The van der Waals surface area contributed by atoms with Crippen LogP contribution in [-0.4, -0.2) is 7.11 Å². The van der Waals surface area contributed by atoms with Crippen LogP contribution in [0.2, 0.25) is 0 Å². The molecule has 2 nitrogen and oxygen atoms in total. The average molecular weight is 371 g/mol. The number of nitrogens with one attached hydrogen (secondary N) is 1. The van der Waals surface area contributed by atoms with Crippen molar-refractivity contribution in [2.45, 2.75) is 6.54 Å². The van der Waals surface area contributed by atoms with Gasteiger partial charge in [0.25, 0.3) is 0 Å². The van der Waals surface area contributed by atoms with Crippen molar-refractivity contribution in [2.75, 3.05) is 12.4 Å². The predicted octanol–water partition coefficient (Wildman–Crippen LogP) is 4.83. The first kappa shape index (κ1) is 13.4. The number of anilines is 1.